The molecule has 112 valence electrons. The van der Waals surface area contributed by atoms with Gasteiger partial charge in [-0.3, -0.25) is 4.98 Å². The van der Waals surface area contributed by atoms with Gasteiger partial charge in [-0.1, -0.05) is 27.2 Å². The first-order valence-electron chi connectivity index (χ1n) is 8.00. The van der Waals surface area contributed by atoms with E-state index < -0.39 is 0 Å². The average Bonchev–Trinajstić information content (AvgIpc) is 2.50. The van der Waals surface area contributed by atoms with Gasteiger partial charge in [0.1, 0.15) is 0 Å². The van der Waals surface area contributed by atoms with Crippen molar-refractivity contribution < 1.29 is 0 Å². The molecule has 0 amide bonds. The highest BCUT2D eigenvalue weighted by Gasteiger charge is 2.28. The maximum Gasteiger partial charge on any atom is 0.0574 e. The Morgan fingerprint density at radius 2 is 2.00 bits per heavy atom. The molecule has 1 aliphatic heterocycles. The number of nitrogens with zero attached hydrogens (tertiary/aromatic N) is 2. The van der Waals surface area contributed by atoms with E-state index in [1.165, 1.54) is 24.9 Å². The van der Waals surface area contributed by atoms with Gasteiger partial charge in [-0.25, -0.2) is 0 Å². The SMILES string of the molecule is CCC(NC)c1ccc(N2CCC(C)(CC)CC2)cn1. The van der Waals surface area contributed by atoms with Gasteiger partial charge in [-0.2, -0.15) is 0 Å². The fourth-order valence-corrected chi connectivity index (χ4v) is 3.01. The molecule has 2 heterocycles. The van der Waals surface area contributed by atoms with Crippen LogP contribution in [-0.2, 0) is 0 Å². The van der Waals surface area contributed by atoms with E-state index in [2.05, 4.69) is 48.1 Å². The zero-order valence-electron chi connectivity index (χ0n) is 13.4. The van der Waals surface area contributed by atoms with Crippen LogP contribution in [0.4, 0.5) is 5.69 Å². The fourth-order valence-electron chi connectivity index (χ4n) is 3.01. The number of pyridine rings is 1. The second-order valence-electron chi connectivity index (χ2n) is 6.34. The molecule has 2 rings (SSSR count). The lowest BCUT2D eigenvalue weighted by atomic mass is 9.78. The van der Waals surface area contributed by atoms with Crippen LogP contribution in [0.25, 0.3) is 0 Å². The Morgan fingerprint density at radius 1 is 1.30 bits per heavy atom. The third kappa shape index (κ3) is 3.32. The van der Waals surface area contributed by atoms with Gasteiger partial charge in [0.25, 0.3) is 0 Å². The number of rotatable bonds is 5. The monoisotopic (exact) mass is 275 g/mol. The van der Waals surface area contributed by atoms with Crippen LogP contribution in [0, 0.1) is 5.41 Å². The van der Waals surface area contributed by atoms with Crippen molar-refractivity contribution in [3.63, 3.8) is 0 Å². The number of piperidine rings is 1. The van der Waals surface area contributed by atoms with E-state index in [1.807, 2.05) is 13.2 Å². The summed E-state index contributed by atoms with van der Waals surface area (Å²) >= 11 is 0. The zero-order chi connectivity index (χ0) is 14.6. The zero-order valence-corrected chi connectivity index (χ0v) is 13.4. The van der Waals surface area contributed by atoms with Crippen molar-refractivity contribution in [2.75, 3.05) is 25.0 Å². The number of anilines is 1. The normalized spacial score (nSPS) is 19.9. The number of nitrogens with one attached hydrogen (secondary N) is 1. The Hall–Kier alpha value is -1.09. The molecule has 3 nitrogen and oxygen atoms in total. The summed E-state index contributed by atoms with van der Waals surface area (Å²) in [7, 11) is 2.00. The van der Waals surface area contributed by atoms with E-state index in [1.54, 1.807) is 0 Å². The van der Waals surface area contributed by atoms with E-state index in [0.29, 0.717) is 11.5 Å². The Balaban J connectivity index is 2.01. The predicted octanol–water partition coefficient (Wildman–Crippen LogP) is 3.77. The summed E-state index contributed by atoms with van der Waals surface area (Å²) in [6.07, 6.45) is 6.99. The molecule has 1 aliphatic rings. The van der Waals surface area contributed by atoms with Crippen LogP contribution in [-0.4, -0.2) is 25.1 Å². The summed E-state index contributed by atoms with van der Waals surface area (Å²) in [4.78, 5) is 7.13. The molecule has 0 radical (unpaired) electrons. The van der Waals surface area contributed by atoms with Crippen molar-refractivity contribution in [3.05, 3.63) is 24.0 Å². The van der Waals surface area contributed by atoms with Crippen LogP contribution in [0.1, 0.15) is 58.2 Å². The highest BCUT2D eigenvalue weighted by Crippen LogP contribution is 2.35. The summed E-state index contributed by atoms with van der Waals surface area (Å²) in [5, 5.41) is 3.31. The summed E-state index contributed by atoms with van der Waals surface area (Å²) in [6, 6.07) is 4.78. The topological polar surface area (TPSA) is 28.2 Å². The molecule has 1 aromatic heterocycles. The van der Waals surface area contributed by atoms with Gasteiger partial charge in [0.2, 0.25) is 0 Å². The van der Waals surface area contributed by atoms with Crippen molar-refractivity contribution in [2.24, 2.45) is 5.41 Å². The van der Waals surface area contributed by atoms with Gasteiger partial charge < -0.3 is 10.2 Å². The molecule has 20 heavy (non-hydrogen) atoms. The van der Waals surface area contributed by atoms with Crippen molar-refractivity contribution in [3.8, 4) is 0 Å². The standard InChI is InChI=1S/C17H29N3/c1-5-15(18-4)16-8-7-14(13-19-16)20-11-9-17(3,6-2)10-12-20/h7-8,13,15,18H,5-6,9-12H2,1-4H3. The minimum absolute atomic E-state index is 0.369. The van der Waals surface area contributed by atoms with Crippen LogP contribution < -0.4 is 10.2 Å². The number of hydrogen-bond donors (Lipinski definition) is 1. The first-order valence-corrected chi connectivity index (χ1v) is 8.00. The summed E-state index contributed by atoms with van der Waals surface area (Å²) < 4.78 is 0. The van der Waals surface area contributed by atoms with Crippen molar-refractivity contribution in [1.82, 2.24) is 10.3 Å². The molecule has 3 heteroatoms. The molecule has 1 fully saturated rings. The molecular weight excluding hydrogens is 246 g/mol. The molecule has 0 aliphatic carbocycles. The minimum Gasteiger partial charge on any atom is -0.370 e. The lowest BCUT2D eigenvalue weighted by molar-refractivity contribution is 0.238. The Bertz CT molecular complexity index is 401. The van der Waals surface area contributed by atoms with Crippen molar-refractivity contribution in [1.29, 1.82) is 0 Å². The summed E-state index contributed by atoms with van der Waals surface area (Å²) in [5.74, 6) is 0. The van der Waals surface area contributed by atoms with Gasteiger partial charge in [0.05, 0.1) is 17.6 Å². The van der Waals surface area contributed by atoms with Crippen LogP contribution in [0.3, 0.4) is 0 Å². The molecular formula is C17H29N3. The predicted molar refractivity (Wildman–Crippen MR) is 86.2 cm³/mol. The molecule has 0 spiro atoms. The lowest BCUT2D eigenvalue weighted by Gasteiger charge is -2.40. The van der Waals surface area contributed by atoms with Crippen LogP contribution in [0.15, 0.2) is 18.3 Å². The first kappa shape index (κ1) is 15.3. The van der Waals surface area contributed by atoms with E-state index in [-0.39, 0.29) is 0 Å². The van der Waals surface area contributed by atoms with E-state index >= 15 is 0 Å². The molecule has 1 aromatic rings. The molecule has 1 unspecified atom stereocenters. The summed E-state index contributed by atoms with van der Waals surface area (Å²) in [5.41, 5.74) is 2.97. The second kappa shape index (κ2) is 6.57. The average molecular weight is 275 g/mol. The van der Waals surface area contributed by atoms with Crippen LogP contribution in [0.5, 0.6) is 0 Å². The van der Waals surface area contributed by atoms with Crippen molar-refractivity contribution in [2.45, 2.75) is 52.5 Å². The Labute approximate surface area is 123 Å². The van der Waals surface area contributed by atoms with E-state index in [4.69, 9.17) is 0 Å². The molecule has 1 N–H and O–H groups in total. The van der Waals surface area contributed by atoms with Gasteiger partial charge in [0, 0.05) is 19.1 Å². The maximum absolute atomic E-state index is 4.65. The van der Waals surface area contributed by atoms with Gasteiger partial charge in [-0.05, 0) is 43.9 Å². The van der Waals surface area contributed by atoms with Crippen molar-refractivity contribution >= 4 is 5.69 Å². The smallest absolute Gasteiger partial charge is 0.0574 e. The third-order valence-corrected chi connectivity index (χ3v) is 5.07. The van der Waals surface area contributed by atoms with Gasteiger partial charge >= 0.3 is 0 Å². The van der Waals surface area contributed by atoms with Crippen LogP contribution >= 0.6 is 0 Å². The Kier molecular flexibility index (Phi) is 5.03. The molecule has 0 aromatic carbocycles. The molecule has 0 bridgehead atoms. The van der Waals surface area contributed by atoms with Gasteiger partial charge in [0.15, 0.2) is 0 Å². The first-order chi connectivity index (χ1) is 9.61. The summed E-state index contributed by atoms with van der Waals surface area (Å²) in [6.45, 7) is 9.25. The lowest BCUT2D eigenvalue weighted by Crippen LogP contribution is -2.38. The number of aromatic nitrogens is 1. The second-order valence-corrected chi connectivity index (χ2v) is 6.34. The fraction of sp³-hybridized carbons (Fsp3) is 0.706. The van der Waals surface area contributed by atoms with Gasteiger partial charge in [-0.15, -0.1) is 0 Å². The van der Waals surface area contributed by atoms with E-state index in [0.717, 1.165) is 25.2 Å². The maximum atomic E-state index is 4.65. The highest BCUT2D eigenvalue weighted by atomic mass is 15.1. The molecule has 1 saturated heterocycles. The third-order valence-electron chi connectivity index (χ3n) is 5.07. The van der Waals surface area contributed by atoms with Crippen LogP contribution in [0.2, 0.25) is 0 Å². The Morgan fingerprint density at radius 3 is 2.45 bits per heavy atom. The number of hydrogen-bond acceptors (Lipinski definition) is 3. The molecule has 1 atom stereocenters. The highest BCUT2D eigenvalue weighted by molar-refractivity contribution is 5.45. The van der Waals surface area contributed by atoms with E-state index in [9.17, 15) is 0 Å². The minimum atomic E-state index is 0.369. The molecule has 0 saturated carbocycles. The largest absolute Gasteiger partial charge is 0.370 e. The quantitative estimate of drug-likeness (QED) is 0.886.